The second-order valence-corrected chi connectivity index (χ2v) is 7.83. The van der Waals surface area contributed by atoms with Gasteiger partial charge in [0.05, 0.1) is 10.3 Å². The van der Waals surface area contributed by atoms with Crippen LogP contribution in [0, 0.1) is 12.7 Å². The van der Waals surface area contributed by atoms with Crippen LogP contribution in [0.3, 0.4) is 0 Å². The molecule has 1 aliphatic rings. The topological polar surface area (TPSA) is 37.4 Å². The van der Waals surface area contributed by atoms with Crippen LogP contribution < -0.4 is 0 Å². The van der Waals surface area contributed by atoms with Crippen molar-refractivity contribution in [2.45, 2.75) is 48.9 Å². The van der Waals surface area contributed by atoms with E-state index in [1.807, 2.05) is 0 Å². The maximum atomic E-state index is 13.1. The fourth-order valence-corrected chi connectivity index (χ4v) is 4.85. The summed E-state index contributed by atoms with van der Waals surface area (Å²) in [6.07, 6.45) is 3.61. The Bertz CT molecular complexity index is 591. The van der Waals surface area contributed by atoms with Gasteiger partial charge in [0.25, 0.3) is 0 Å². The predicted octanol–water partition coefficient (Wildman–Crippen LogP) is 3.30. The Balaban J connectivity index is 2.33. The molecule has 2 atom stereocenters. The zero-order chi connectivity index (χ0) is 14.9. The fourth-order valence-electron chi connectivity index (χ4n) is 2.71. The van der Waals surface area contributed by atoms with Gasteiger partial charge in [-0.3, -0.25) is 0 Å². The zero-order valence-electron chi connectivity index (χ0n) is 11.6. The second-order valence-electron chi connectivity index (χ2n) is 5.30. The van der Waals surface area contributed by atoms with Gasteiger partial charge in [-0.1, -0.05) is 12.8 Å². The number of hydrogen-bond acceptors (Lipinski definition) is 2. The zero-order valence-corrected chi connectivity index (χ0v) is 13.2. The van der Waals surface area contributed by atoms with E-state index in [9.17, 15) is 12.8 Å². The summed E-state index contributed by atoms with van der Waals surface area (Å²) < 4.78 is 39.8. The number of benzene rings is 1. The first-order valence-corrected chi connectivity index (χ1v) is 8.60. The molecule has 6 heteroatoms. The van der Waals surface area contributed by atoms with E-state index in [4.69, 9.17) is 11.6 Å². The summed E-state index contributed by atoms with van der Waals surface area (Å²) in [6.45, 7) is 1.60. The summed E-state index contributed by atoms with van der Waals surface area (Å²) in [5.74, 6) is -0.433. The van der Waals surface area contributed by atoms with Gasteiger partial charge in [-0.15, -0.1) is 11.6 Å². The van der Waals surface area contributed by atoms with Crippen LogP contribution in [-0.4, -0.2) is 31.2 Å². The maximum Gasteiger partial charge on any atom is 0.243 e. The molecule has 0 bridgehead atoms. The number of nitrogens with zero attached hydrogens (tertiary/aromatic N) is 1. The lowest BCUT2D eigenvalue weighted by molar-refractivity contribution is 0.291. The molecule has 1 aromatic carbocycles. The number of halogens is 2. The van der Waals surface area contributed by atoms with Crippen molar-refractivity contribution in [3.05, 3.63) is 29.6 Å². The minimum Gasteiger partial charge on any atom is -0.207 e. The molecule has 0 aromatic heterocycles. The first kappa shape index (κ1) is 15.7. The van der Waals surface area contributed by atoms with Gasteiger partial charge in [0, 0.05) is 13.1 Å². The standard InChI is InChI=1S/C14H19ClFNO2S/c1-10-9-11(16)7-8-14(10)20(18,19)17(2)13-6-4-3-5-12(13)15/h7-9,12-13H,3-6H2,1-2H3. The normalized spacial score (nSPS) is 24.1. The molecule has 0 saturated heterocycles. The summed E-state index contributed by atoms with van der Waals surface area (Å²) in [7, 11) is -2.08. The molecular formula is C14H19ClFNO2S. The van der Waals surface area contributed by atoms with Crippen molar-refractivity contribution in [1.29, 1.82) is 0 Å². The molecule has 1 aliphatic carbocycles. The van der Waals surface area contributed by atoms with E-state index in [2.05, 4.69) is 0 Å². The van der Waals surface area contributed by atoms with E-state index in [1.54, 1.807) is 14.0 Å². The van der Waals surface area contributed by atoms with Crippen LogP contribution in [0.5, 0.6) is 0 Å². The van der Waals surface area contributed by atoms with E-state index in [1.165, 1.54) is 22.5 Å². The summed E-state index contributed by atoms with van der Waals surface area (Å²) in [4.78, 5) is 0.149. The minimum atomic E-state index is -3.64. The average molecular weight is 320 g/mol. The molecule has 0 radical (unpaired) electrons. The lowest BCUT2D eigenvalue weighted by atomic mass is 9.95. The number of rotatable bonds is 3. The molecule has 0 heterocycles. The highest BCUT2D eigenvalue weighted by Crippen LogP contribution is 2.30. The van der Waals surface area contributed by atoms with Crippen molar-refractivity contribution in [2.75, 3.05) is 7.05 Å². The van der Waals surface area contributed by atoms with Crippen LogP contribution in [-0.2, 0) is 10.0 Å². The van der Waals surface area contributed by atoms with Gasteiger partial charge < -0.3 is 0 Å². The Labute approximate surface area is 124 Å². The third-order valence-corrected chi connectivity index (χ3v) is 6.46. The first-order valence-electron chi connectivity index (χ1n) is 6.72. The molecule has 0 amide bonds. The van der Waals surface area contributed by atoms with Crippen LogP contribution in [0.4, 0.5) is 4.39 Å². The minimum absolute atomic E-state index is 0.149. The highest BCUT2D eigenvalue weighted by atomic mass is 35.5. The molecule has 1 aromatic rings. The van der Waals surface area contributed by atoms with Crippen LogP contribution >= 0.6 is 11.6 Å². The predicted molar refractivity (Wildman–Crippen MR) is 78.0 cm³/mol. The molecule has 2 rings (SSSR count). The smallest absolute Gasteiger partial charge is 0.207 e. The highest BCUT2D eigenvalue weighted by molar-refractivity contribution is 7.89. The van der Waals surface area contributed by atoms with E-state index < -0.39 is 15.8 Å². The summed E-state index contributed by atoms with van der Waals surface area (Å²) in [6, 6.07) is 3.54. The molecule has 0 N–H and O–H groups in total. The van der Waals surface area contributed by atoms with E-state index in [0.29, 0.717) is 5.56 Å². The SMILES string of the molecule is Cc1cc(F)ccc1S(=O)(=O)N(C)C1CCCCC1Cl. The summed E-state index contributed by atoms with van der Waals surface area (Å²) in [5.41, 5.74) is 0.416. The van der Waals surface area contributed by atoms with Gasteiger partial charge in [-0.2, -0.15) is 4.31 Å². The monoisotopic (exact) mass is 319 g/mol. The molecule has 1 saturated carbocycles. The van der Waals surface area contributed by atoms with E-state index in [0.717, 1.165) is 25.7 Å². The number of sulfonamides is 1. The number of alkyl halides is 1. The van der Waals surface area contributed by atoms with Crippen molar-refractivity contribution < 1.29 is 12.8 Å². The van der Waals surface area contributed by atoms with E-state index >= 15 is 0 Å². The van der Waals surface area contributed by atoms with Crippen molar-refractivity contribution in [3.63, 3.8) is 0 Å². The van der Waals surface area contributed by atoms with Crippen molar-refractivity contribution >= 4 is 21.6 Å². The Kier molecular flexibility index (Phi) is 4.72. The van der Waals surface area contributed by atoms with Gasteiger partial charge >= 0.3 is 0 Å². The Morgan fingerprint density at radius 1 is 1.30 bits per heavy atom. The molecule has 2 unspecified atom stereocenters. The molecule has 20 heavy (non-hydrogen) atoms. The third kappa shape index (κ3) is 3.00. The van der Waals surface area contributed by atoms with Crippen LogP contribution in [0.2, 0.25) is 0 Å². The van der Waals surface area contributed by atoms with Gasteiger partial charge in [0.1, 0.15) is 5.82 Å². The van der Waals surface area contributed by atoms with Gasteiger partial charge in [-0.25, -0.2) is 12.8 Å². The molecular weight excluding hydrogens is 301 g/mol. The fraction of sp³-hybridized carbons (Fsp3) is 0.571. The van der Waals surface area contributed by atoms with Gasteiger partial charge in [-0.05, 0) is 43.5 Å². The van der Waals surface area contributed by atoms with Crippen LogP contribution in [0.1, 0.15) is 31.2 Å². The highest BCUT2D eigenvalue weighted by Gasteiger charge is 2.34. The van der Waals surface area contributed by atoms with Crippen LogP contribution in [0.25, 0.3) is 0 Å². The summed E-state index contributed by atoms with van der Waals surface area (Å²) in [5, 5.41) is -0.163. The van der Waals surface area contributed by atoms with E-state index in [-0.39, 0.29) is 16.3 Å². The third-order valence-electron chi connectivity index (χ3n) is 3.91. The lowest BCUT2D eigenvalue weighted by Gasteiger charge is -2.34. The van der Waals surface area contributed by atoms with Crippen molar-refractivity contribution in [1.82, 2.24) is 4.31 Å². The maximum absolute atomic E-state index is 13.1. The van der Waals surface area contributed by atoms with Gasteiger partial charge in [0.2, 0.25) is 10.0 Å². The quantitative estimate of drug-likeness (QED) is 0.802. The van der Waals surface area contributed by atoms with Crippen LogP contribution in [0.15, 0.2) is 23.1 Å². The molecule has 3 nitrogen and oxygen atoms in total. The summed E-state index contributed by atoms with van der Waals surface area (Å²) >= 11 is 6.27. The largest absolute Gasteiger partial charge is 0.243 e. The number of aryl methyl sites for hydroxylation is 1. The van der Waals surface area contributed by atoms with Gasteiger partial charge in [0.15, 0.2) is 0 Å². The lowest BCUT2D eigenvalue weighted by Crippen LogP contribution is -2.44. The molecule has 0 spiro atoms. The Morgan fingerprint density at radius 3 is 2.55 bits per heavy atom. The van der Waals surface area contributed by atoms with Crippen molar-refractivity contribution in [2.24, 2.45) is 0 Å². The Morgan fingerprint density at radius 2 is 1.95 bits per heavy atom. The van der Waals surface area contributed by atoms with Crippen molar-refractivity contribution in [3.8, 4) is 0 Å². The molecule has 1 fully saturated rings. The molecule has 112 valence electrons. The second kappa shape index (κ2) is 6.00. The average Bonchev–Trinajstić information content (AvgIpc) is 2.38. The Hall–Kier alpha value is -0.650. The first-order chi connectivity index (χ1) is 9.34. The number of hydrogen-bond donors (Lipinski definition) is 0. The molecule has 0 aliphatic heterocycles.